The summed E-state index contributed by atoms with van der Waals surface area (Å²) in [6, 6.07) is 5.38. The Kier molecular flexibility index (Phi) is 4.96. The maximum Gasteiger partial charge on any atom is 0.267 e. The minimum Gasteiger partial charge on any atom is -0.337 e. The van der Waals surface area contributed by atoms with E-state index in [1.165, 1.54) is 0 Å². The Balaban J connectivity index is 2.18. The van der Waals surface area contributed by atoms with Crippen LogP contribution in [0, 0.1) is 0 Å². The number of rotatable bonds is 4. The zero-order chi connectivity index (χ0) is 14.7. The van der Waals surface area contributed by atoms with Crippen molar-refractivity contribution in [3.63, 3.8) is 0 Å². The summed E-state index contributed by atoms with van der Waals surface area (Å²) >= 11 is 13.2. The van der Waals surface area contributed by atoms with Crippen LogP contribution in [-0.4, -0.2) is 27.4 Å². The monoisotopic (exact) mass is 329 g/mol. The van der Waals surface area contributed by atoms with Gasteiger partial charge in [-0.1, -0.05) is 46.7 Å². The minimum absolute atomic E-state index is 0.104. The van der Waals surface area contributed by atoms with Crippen LogP contribution in [0.1, 0.15) is 27.9 Å². The molecule has 1 aromatic heterocycles. The van der Waals surface area contributed by atoms with Crippen molar-refractivity contribution in [1.82, 2.24) is 14.5 Å². The van der Waals surface area contributed by atoms with Crippen LogP contribution in [-0.2, 0) is 13.0 Å². The second-order valence-corrected chi connectivity index (χ2v) is 5.82. The number of hydrogen-bond acceptors (Lipinski definition) is 4. The van der Waals surface area contributed by atoms with Crippen molar-refractivity contribution in [2.75, 3.05) is 7.05 Å². The molecule has 0 saturated carbocycles. The van der Waals surface area contributed by atoms with E-state index in [9.17, 15) is 4.79 Å². The van der Waals surface area contributed by atoms with Crippen molar-refractivity contribution in [1.29, 1.82) is 0 Å². The lowest BCUT2D eigenvalue weighted by Gasteiger charge is -2.17. The van der Waals surface area contributed by atoms with Crippen molar-refractivity contribution < 1.29 is 4.79 Å². The van der Waals surface area contributed by atoms with E-state index < -0.39 is 0 Å². The summed E-state index contributed by atoms with van der Waals surface area (Å²) < 4.78 is 3.83. The van der Waals surface area contributed by atoms with Crippen LogP contribution < -0.4 is 0 Å². The molecule has 0 aliphatic carbocycles. The molecule has 0 radical (unpaired) electrons. The van der Waals surface area contributed by atoms with Crippen molar-refractivity contribution in [2.24, 2.45) is 0 Å². The summed E-state index contributed by atoms with van der Waals surface area (Å²) in [6.07, 6.45) is 0.684. The second-order valence-electron chi connectivity index (χ2n) is 4.28. The first kappa shape index (κ1) is 15.2. The van der Waals surface area contributed by atoms with Gasteiger partial charge in [0.25, 0.3) is 5.91 Å². The maximum atomic E-state index is 12.4. The van der Waals surface area contributed by atoms with Gasteiger partial charge in [0.15, 0.2) is 0 Å². The Morgan fingerprint density at radius 3 is 2.85 bits per heavy atom. The number of amides is 1. The average molecular weight is 330 g/mol. The van der Waals surface area contributed by atoms with Crippen LogP contribution in [0.4, 0.5) is 0 Å². The summed E-state index contributed by atoms with van der Waals surface area (Å²) in [6.45, 7) is 2.33. The Bertz CT molecular complexity index is 630. The molecule has 0 bridgehead atoms. The van der Waals surface area contributed by atoms with Crippen molar-refractivity contribution in [3.8, 4) is 0 Å². The fraction of sp³-hybridized carbons (Fsp3) is 0.308. The highest BCUT2D eigenvalue weighted by atomic mass is 35.5. The Morgan fingerprint density at radius 1 is 1.40 bits per heavy atom. The van der Waals surface area contributed by atoms with Gasteiger partial charge in [0, 0.05) is 13.6 Å². The quantitative estimate of drug-likeness (QED) is 0.859. The van der Waals surface area contributed by atoms with Crippen LogP contribution in [0.25, 0.3) is 0 Å². The van der Waals surface area contributed by atoms with Crippen molar-refractivity contribution in [3.05, 3.63) is 44.4 Å². The summed E-state index contributed by atoms with van der Waals surface area (Å²) in [5.74, 6) is -0.104. The molecular weight excluding hydrogens is 317 g/mol. The third kappa shape index (κ3) is 3.11. The molecule has 1 aromatic carbocycles. The zero-order valence-electron chi connectivity index (χ0n) is 11.1. The topological polar surface area (TPSA) is 46.1 Å². The van der Waals surface area contributed by atoms with E-state index in [-0.39, 0.29) is 5.91 Å². The fourth-order valence-electron chi connectivity index (χ4n) is 1.77. The van der Waals surface area contributed by atoms with Gasteiger partial charge in [-0.15, -0.1) is 5.10 Å². The third-order valence-corrected chi connectivity index (χ3v) is 4.48. The molecule has 0 atom stereocenters. The van der Waals surface area contributed by atoms with Crippen LogP contribution in [0.15, 0.2) is 18.2 Å². The molecule has 0 spiro atoms. The molecule has 0 unspecified atom stereocenters. The van der Waals surface area contributed by atoms with Gasteiger partial charge in [0.05, 0.1) is 15.7 Å². The predicted octanol–water partition coefficient (Wildman–Crippen LogP) is 3.68. The first-order chi connectivity index (χ1) is 9.54. The molecule has 106 valence electrons. The predicted molar refractivity (Wildman–Crippen MR) is 81.5 cm³/mol. The molecule has 0 saturated heterocycles. The third-order valence-electron chi connectivity index (χ3n) is 2.87. The van der Waals surface area contributed by atoms with Crippen LogP contribution in [0.3, 0.4) is 0 Å². The Labute approximate surface area is 131 Å². The van der Waals surface area contributed by atoms with Gasteiger partial charge in [-0.2, -0.15) is 0 Å². The van der Waals surface area contributed by atoms with Gasteiger partial charge in [0.1, 0.15) is 4.88 Å². The number of aromatic nitrogens is 2. The minimum atomic E-state index is -0.104. The number of aryl methyl sites for hydroxylation is 1. The van der Waals surface area contributed by atoms with Crippen LogP contribution in [0.2, 0.25) is 10.0 Å². The highest BCUT2D eigenvalue weighted by Crippen LogP contribution is 2.26. The van der Waals surface area contributed by atoms with Gasteiger partial charge in [0.2, 0.25) is 0 Å². The second kappa shape index (κ2) is 6.52. The Hall–Kier alpha value is -1.17. The fourth-order valence-corrected chi connectivity index (χ4v) is 2.90. The Morgan fingerprint density at radius 2 is 2.15 bits per heavy atom. The standard InChI is InChI=1S/C13H13Cl2N3OS/c1-3-10-12(20-17-16-10)13(19)18(2)7-8-5-4-6-9(14)11(8)15/h4-6H,3,7H2,1-2H3. The van der Waals surface area contributed by atoms with E-state index in [1.807, 2.05) is 19.1 Å². The number of carbonyl (C=O) groups excluding carboxylic acids is 1. The molecule has 20 heavy (non-hydrogen) atoms. The van der Waals surface area contributed by atoms with Gasteiger partial charge in [-0.05, 0) is 29.6 Å². The smallest absolute Gasteiger partial charge is 0.267 e. The van der Waals surface area contributed by atoms with Crippen molar-refractivity contribution >= 4 is 40.6 Å². The van der Waals surface area contributed by atoms with E-state index >= 15 is 0 Å². The largest absolute Gasteiger partial charge is 0.337 e. The molecular formula is C13H13Cl2N3OS. The summed E-state index contributed by atoms with van der Waals surface area (Å²) in [5, 5.41) is 4.91. The zero-order valence-corrected chi connectivity index (χ0v) is 13.4. The van der Waals surface area contributed by atoms with Gasteiger partial charge < -0.3 is 4.90 Å². The van der Waals surface area contributed by atoms with Gasteiger partial charge >= 0.3 is 0 Å². The average Bonchev–Trinajstić information content (AvgIpc) is 2.91. The highest BCUT2D eigenvalue weighted by Gasteiger charge is 2.20. The summed E-state index contributed by atoms with van der Waals surface area (Å²) in [5.41, 5.74) is 1.54. The number of carbonyl (C=O) groups is 1. The molecule has 0 aliphatic rings. The first-order valence-corrected chi connectivity index (χ1v) is 7.57. The molecule has 0 N–H and O–H groups in total. The SMILES string of the molecule is CCc1nnsc1C(=O)N(C)Cc1cccc(Cl)c1Cl. The molecule has 1 amide bonds. The van der Waals surface area contributed by atoms with Crippen molar-refractivity contribution in [2.45, 2.75) is 19.9 Å². The normalized spacial score (nSPS) is 10.6. The first-order valence-electron chi connectivity index (χ1n) is 6.04. The van der Waals surface area contributed by atoms with Gasteiger partial charge in [-0.3, -0.25) is 4.79 Å². The van der Waals surface area contributed by atoms with E-state index in [2.05, 4.69) is 9.59 Å². The van der Waals surface area contributed by atoms with Crippen LogP contribution >= 0.6 is 34.7 Å². The summed E-state index contributed by atoms with van der Waals surface area (Å²) in [4.78, 5) is 14.5. The highest BCUT2D eigenvalue weighted by molar-refractivity contribution is 7.07. The van der Waals surface area contributed by atoms with E-state index in [1.54, 1.807) is 18.0 Å². The molecule has 1 heterocycles. The van der Waals surface area contributed by atoms with Crippen LogP contribution in [0.5, 0.6) is 0 Å². The molecule has 4 nitrogen and oxygen atoms in total. The maximum absolute atomic E-state index is 12.4. The molecule has 0 aliphatic heterocycles. The molecule has 0 fully saturated rings. The lowest BCUT2D eigenvalue weighted by Crippen LogP contribution is -2.26. The molecule has 2 aromatic rings. The number of benzene rings is 1. The number of halogens is 2. The van der Waals surface area contributed by atoms with E-state index in [0.717, 1.165) is 22.8 Å². The van der Waals surface area contributed by atoms with E-state index in [0.29, 0.717) is 27.9 Å². The van der Waals surface area contributed by atoms with E-state index in [4.69, 9.17) is 23.2 Å². The lowest BCUT2D eigenvalue weighted by atomic mass is 10.2. The molecule has 7 heteroatoms. The number of nitrogens with zero attached hydrogens (tertiary/aromatic N) is 3. The lowest BCUT2D eigenvalue weighted by molar-refractivity contribution is 0.0788. The molecule has 2 rings (SSSR count). The summed E-state index contributed by atoms with van der Waals surface area (Å²) in [7, 11) is 1.72. The van der Waals surface area contributed by atoms with Gasteiger partial charge in [-0.25, -0.2) is 0 Å². The number of hydrogen-bond donors (Lipinski definition) is 0.